The SMILES string of the molecule is CCCN(CC1CC1)C(=O)[C@@H]1CCC(=O)N[C@@H]1COC. The maximum absolute atomic E-state index is 12.8. The molecule has 5 nitrogen and oxygen atoms in total. The third-order valence-electron chi connectivity index (χ3n) is 4.16. The highest BCUT2D eigenvalue weighted by Gasteiger charge is 2.37. The van der Waals surface area contributed by atoms with Gasteiger partial charge in [0.2, 0.25) is 11.8 Å². The van der Waals surface area contributed by atoms with Crippen molar-refractivity contribution >= 4 is 11.8 Å². The first-order valence-electron chi connectivity index (χ1n) is 7.72. The van der Waals surface area contributed by atoms with Crippen LogP contribution in [0.3, 0.4) is 0 Å². The third kappa shape index (κ3) is 3.95. The Hall–Kier alpha value is -1.10. The molecule has 2 fully saturated rings. The summed E-state index contributed by atoms with van der Waals surface area (Å²) in [5.41, 5.74) is 0. The molecule has 20 heavy (non-hydrogen) atoms. The van der Waals surface area contributed by atoms with Crippen molar-refractivity contribution in [3.63, 3.8) is 0 Å². The molecule has 1 heterocycles. The van der Waals surface area contributed by atoms with E-state index in [0.29, 0.717) is 25.4 Å². The third-order valence-corrected chi connectivity index (χ3v) is 4.16. The monoisotopic (exact) mass is 282 g/mol. The summed E-state index contributed by atoms with van der Waals surface area (Å²) in [6.07, 6.45) is 4.56. The number of hydrogen-bond donors (Lipinski definition) is 1. The Bertz CT molecular complexity index is 355. The molecular weight excluding hydrogens is 256 g/mol. The lowest BCUT2D eigenvalue weighted by Gasteiger charge is -2.35. The average Bonchev–Trinajstić information content (AvgIpc) is 3.22. The highest BCUT2D eigenvalue weighted by atomic mass is 16.5. The number of carbonyl (C=O) groups is 2. The molecule has 2 aliphatic rings. The topological polar surface area (TPSA) is 58.6 Å². The number of nitrogens with zero attached hydrogens (tertiary/aromatic N) is 1. The summed E-state index contributed by atoms with van der Waals surface area (Å²) in [6.45, 7) is 4.21. The molecule has 1 saturated carbocycles. The van der Waals surface area contributed by atoms with E-state index in [1.54, 1.807) is 7.11 Å². The fourth-order valence-corrected chi connectivity index (χ4v) is 2.91. The lowest BCUT2D eigenvalue weighted by atomic mass is 9.89. The number of hydrogen-bond acceptors (Lipinski definition) is 3. The van der Waals surface area contributed by atoms with Crippen molar-refractivity contribution < 1.29 is 14.3 Å². The van der Waals surface area contributed by atoms with Crippen molar-refractivity contribution in [2.45, 2.75) is 45.1 Å². The summed E-state index contributed by atoms with van der Waals surface area (Å²) in [4.78, 5) is 26.3. The van der Waals surface area contributed by atoms with Crippen molar-refractivity contribution in [3.05, 3.63) is 0 Å². The zero-order valence-electron chi connectivity index (χ0n) is 12.6. The van der Waals surface area contributed by atoms with Crippen LogP contribution in [-0.2, 0) is 14.3 Å². The second-order valence-corrected chi connectivity index (χ2v) is 6.00. The first-order valence-corrected chi connectivity index (χ1v) is 7.72. The van der Waals surface area contributed by atoms with Gasteiger partial charge in [0.25, 0.3) is 0 Å². The Balaban J connectivity index is 2.00. The first-order chi connectivity index (χ1) is 9.65. The molecule has 114 valence electrons. The van der Waals surface area contributed by atoms with Crippen LogP contribution in [0.2, 0.25) is 0 Å². The molecule has 2 amide bonds. The zero-order chi connectivity index (χ0) is 14.5. The molecule has 1 aliphatic carbocycles. The van der Waals surface area contributed by atoms with E-state index < -0.39 is 0 Å². The van der Waals surface area contributed by atoms with Crippen LogP contribution in [-0.4, -0.2) is 49.6 Å². The van der Waals surface area contributed by atoms with E-state index >= 15 is 0 Å². The normalized spacial score (nSPS) is 26.2. The number of ether oxygens (including phenoxy) is 1. The highest BCUT2D eigenvalue weighted by molar-refractivity contribution is 5.84. The molecular formula is C15H26N2O3. The summed E-state index contributed by atoms with van der Waals surface area (Å²) < 4.78 is 5.16. The Labute approximate surface area is 121 Å². The van der Waals surface area contributed by atoms with Crippen molar-refractivity contribution in [1.29, 1.82) is 0 Å². The van der Waals surface area contributed by atoms with Crippen LogP contribution in [0.4, 0.5) is 0 Å². The van der Waals surface area contributed by atoms with E-state index in [1.807, 2.05) is 4.90 Å². The summed E-state index contributed by atoms with van der Waals surface area (Å²) in [7, 11) is 1.61. The van der Waals surface area contributed by atoms with Gasteiger partial charge in [0.15, 0.2) is 0 Å². The zero-order valence-corrected chi connectivity index (χ0v) is 12.6. The molecule has 2 atom stereocenters. The second-order valence-electron chi connectivity index (χ2n) is 6.00. The van der Waals surface area contributed by atoms with E-state index in [1.165, 1.54) is 12.8 Å². The van der Waals surface area contributed by atoms with Crippen LogP contribution in [0.15, 0.2) is 0 Å². The Morgan fingerprint density at radius 1 is 1.40 bits per heavy atom. The molecule has 0 aromatic rings. The van der Waals surface area contributed by atoms with E-state index in [2.05, 4.69) is 12.2 Å². The van der Waals surface area contributed by atoms with Crippen LogP contribution in [0.5, 0.6) is 0 Å². The van der Waals surface area contributed by atoms with Crippen molar-refractivity contribution in [3.8, 4) is 0 Å². The van der Waals surface area contributed by atoms with Gasteiger partial charge >= 0.3 is 0 Å². The minimum atomic E-state index is -0.174. The van der Waals surface area contributed by atoms with Gasteiger partial charge in [0.1, 0.15) is 0 Å². The second kappa shape index (κ2) is 7.07. The lowest BCUT2D eigenvalue weighted by Crippen LogP contribution is -2.53. The van der Waals surface area contributed by atoms with Gasteiger partial charge in [-0.25, -0.2) is 0 Å². The van der Waals surface area contributed by atoms with E-state index in [-0.39, 0.29) is 23.8 Å². The fourth-order valence-electron chi connectivity index (χ4n) is 2.91. The lowest BCUT2D eigenvalue weighted by molar-refractivity contribution is -0.140. The molecule has 1 aliphatic heterocycles. The minimum Gasteiger partial charge on any atom is -0.383 e. The largest absolute Gasteiger partial charge is 0.383 e. The van der Waals surface area contributed by atoms with Crippen LogP contribution < -0.4 is 5.32 Å². The molecule has 1 N–H and O–H groups in total. The van der Waals surface area contributed by atoms with Gasteiger partial charge < -0.3 is 15.0 Å². The van der Waals surface area contributed by atoms with Crippen LogP contribution in [0.25, 0.3) is 0 Å². The van der Waals surface area contributed by atoms with Crippen molar-refractivity contribution in [1.82, 2.24) is 10.2 Å². The number of methoxy groups -OCH3 is 1. The van der Waals surface area contributed by atoms with Crippen molar-refractivity contribution in [2.75, 3.05) is 26.8 Å². The van der Waals surface area contributed by atoms with Crippen LogP contribution in [0, 0.1) is 11.8 Å². The van der Waals surface area contributed by atoms with Gasteiger partial charge in [0.05, 0.1) is 18.6 Å². The minimum absolute atomic E-state index is 0.0281. The maximum atomic E-state index is 12.8. The van der Waals surface area contributed by atoms with Gasteiger partial charge in [-0.3, -0.25) is 9.59 Å². The van der Waals surface area contributed by atoms with Crippen molar-refractivity contribution in [2.24, 2.45) is 11.8 Å². The Morgan fingerprint density at radius 3 is 2.75 bits per heavy atom. The molecule has 0 unspecified atom stereocenters. The molecule has 0 aromatic carbocycles. The van der Waals surface area contributed by atoms with Crippen LogP contribution >= 0.6 is 0 Å². The summed E-state index contributed by atoms with van der Waals surface area (Å²) in [5, 5.41) is 2.90. The van der Waals surface area contributed by atoms with Gasteiger partial charge in [-0.05, 0) is 31.6 Å². The van der Waals surface area contributed by atoms with Gasteiger partial charge in [-0.15, -0.1) is 0 Å². The quantitative estimate of drug-likeness (QED) is 0.763. The number of nitrogens with one attached hydrogen (secondary N) is 1. The molecule has 0 bridgehead atoms. The summed E-state index contributed by atoms with van der Waals surface area (Å²) in [5.74, 6) is 0.795. The van der Waals surface area contributed by atoms with Gasteiger partial charge in [-0.2, -0.15) is 0 Å². The van der Waals surface area contributed by atoms with E-state index in [4.69, 9.17) is 4.74 Å². The predicted molar refractivity (Wildman–Crippen MR) is 76.1 cm³/mol. The molecule has 0 radical (unpaired) electrons. The molecule has 1 saturated heterocycles. The molecule has 5 heteroatoms. The standard InChI is InChI=1S/C15H26N2O3/c1-3-8-17(9-11-4-5-11)15(19)12-6-7-14(18)16-13(12)10-20-2/h11-13H,3-10H2,1-2H3,(H,16,18)/t12-,13-/m1/s1. The Morgan fingerprint density at radius 2 is 2.15 bits per heavy atom. The average molecular weight is 282 g/mol. The number of piperidine rings is 1. The number of carbonyl (C=O) groups excluding carboxylic acids is 2. The predicted octanol–water partition coefficient (Wildman–Crippen LogP) is 1.18. The summed E-state index contributed by atoms with van der Waals surface area (Å²) >= 11 is 0. The summed E-state index contributed by atoms with van der Waals surface area (Å²) in [6, 6.07) is -0.174. The molecule has 0 spiro atoms. The fraction of sp³-hybridized carbons (Fsp3) is 0.867. The van der Waals surface area contributed by atoms with Gasteiger partial charge in [0, 0.05) is 26.6 Å². The highest BCUT2D eigenvalue weighted by Crippen LogP contribution is 2.31. The first kappa shape index (κ1) is 15.3. The molecule has 0 aromatic heterocycles. The Kier molecular flexibility index (Phi) is 5.40. The van der Waals surface area contributed by atoms with Gasteiger partial charge in [-0.1, -0.05) is 6.92 Å². The van der Waals surface area contributed by atoms with E-state index in [0.717, 1.165) is 19.5 Å². The molecule has 2 rings (SSSR count). The maximum Gasteiger partial charge on any atom is 0.227 e. The number of rotatable bonds is 7. The smallest absolute Gasteiger partial charge is 0.227 e. The van der Waals surface area contributed by atoms with Crippen LogP contribution in [0.1, 0.15) is 39.0 Å². The number of amides is 2. The van der Waals surface area contributed by atoms with E-state index in [9.17, 15) is 9.59 Å².